The summed E-state index contributed by atoms with van der Waals surface area (Å²) in [6.07, 6.45) is -3.97. The van der Waals surface area contributed by atoms with E-state index < -0.39 is 64.6 Å². The van der Waals surface area contributed by atoms with Crippen LogP contribution in [0.2, 0.25) is 0 Å². The fourth-order valence-electron chi connectivity index (χ4n) is 6.82. The Balaban J connectivity index is 1.48. The van der Waals surface area contributed by atoms with Crippen LogP contribution in [0.5, 0.6) is 5.75 Å². The highest BCUT2D eigenvalue weighted by Gasteiger charge is 2.39. The van der Waals surface area contributed by atoms with E-state index in [9.17, 15) is 36.3 Å². The van der Waals surface area contributed by atoms with Crippen LogP contribution < -0.4 is 15.4 Å². The quantitative estimate of drug-likeness (QED) is 0.245. The molecule has 15 heteroatoms. The predicted molar refractivity (Wildman–Crippen MR) is 197 cm³/mol. The minimum atomic E-state index is -4.72. The lowest BCUT2D eigenvalue weighted by atomic mass is 9.99. The second kappa shape index (κ2) is 18.3. The van der Waals surface area contributed by atoms with Crippen molar-refractivity contribution < 1.29 is 45.8 Å². The van der Waals surface area contributed by atoms with Crippen molar-refractivity contribution in [3.8, 4) is 5.75 Å². The first-order chi connectivity index (χ1) is 25.8. The first-order valence-electron chi connectivity index (χ1n) is 17.8. The molecule has 3 aromatic rings. The van der Waals surface area contributed by atoms with E-state index >= 15 is 0 Å². The molecule has 0 saturated heterocycles. The number of hydrogen-bond acceptors (Lipinski definition) is 8. The van der Waals surface area contributed by atoms with Crippen LogP contribution in [0.15, 0.2) is 91.0 Å². The van der Waals surface area contributed by atoms with Crippen molar-refractivity contribution in [1.82, 2.24) is 19.8 Å². The van der Waals surface area contributed by atoms with Gasteiger partial charge in [0.15, 0.2) is 0 Å². The fourth-order valence-corrected chi connectivity index (χ4v) is 8.17. The molecule has 0 radical (unpaired) electrons. The summed E-state index contributed by atoms with van der Waals surface area (Å²) in [5.74, 6) is -1.38. The van der Waals surface area contributed by atoms with Gasteiger partial charge in [-0.2, -0.15) is 17.5 Å². The molecule has 1 aliphatic carbocycles. The summed E-state index contributed by atoms with van der Waals surface area (Å²) in [6.45, 7) is 0.247. The van der Waals surface area contributed by atoms with Gasteiger partial charge >= 0.3 is 12.3 Å². The number of amides is 2. The molecule has 0 saturated carbocycles. The number of nitrogens with zero attached hydrogens (tertiary/aromatic N) is 2. The van der Waals surface area contributed by atoms with Gasteiger partial charge in [0.05, 0.1) is 37.5 Å². The van der Waals surface area contributed by atoms with E-state index in [-0.39, 0.29) is 38.6 Å². The maximum absolute atomic E-state index is 13.9. The molecule has 0 fully saturated rings. The molecule has 2 amide bonds. The Hall–Kier alpha value is -4.44. The topological polar surface area (TPSA) is 138 Å². The number of ether oxygens (including phenoxy) is 2. The highest BCUT2D eigenvalue weighted by Crippen LogP contribution is 2.44. The number of fused-ring (bicyclic) bond motifs is 5. The number of sulfonamides is 1. The maximum Gasteiger partial charge on any atom is 0.410 e. The van der Waals surface area contributed by atoms with E-state index in [2.05, 4.69) is 10.6 Å². The van der Waals surface area contributed by atoms with Gasteiger partial charge < -0.3 is 30.1 Å². The van der Waals surface area contributed by atoms with E-state index in [1.807, 2.05) is 78.9 Å². The standard InChI is InChI=1S/C39H47F3N4O7S/c1-45(54(50,51)21-19-39(40,41)42)34-16-10-5-11-20-46(38(49)53-26-28-14-8-4-9-15-28)35-24-32(31-23-29(52-2)17-18-30(31)35)43-25-36(47)33(44-37(34)48)22-27-12-6-3-7-13-27/h3-10,12-15,17-18,23,32-36,43,47H,11,16,19-22,24-26H2,1-2H3,(H,44,48)/b10-5+/t32-,33-,34-,35?,36+/m0/s1. The molecular formula is C39H47F3N4O7S. The molecule has 3 aromatic carbocycles. The fraction of sp³-hybridized carbons (Fsp3) is 0.436. The van der Waals surface area contributed by atoms with Crippen LogP contribution in [0.3, 0.4) is 0 Å². The molecule has 5 rings (SSSR count). The summed E-state index contributed by atoms with van der Waals surface area (Å²) in [7, 11) is -1.89. The molecule has 1 unspecified atom stereocenters. The molecule has 5 atom stereocenters. The Morgan fingerprint density at radius 2 is 1.69 bits per heavy atom. The molecule has 0 spiro atoms. The summed E-state index contributed by atoms with van der Waals surface area (Å²) < 4.78 is 77.4. The summed E-state index contributed by atoms with van der Waals surface area (Å²) in [5.41, 5.74) is 3.36. The number of β-amino-alcohol motifs (C(OH)–C–C–N with tert-alkyl or cyclic N) is 1. The van der Waals surface area contributed by atoms with E-state index in [0.29, 0.717) is 22.9 Å². The number of likely N-dealkylation sites (N-methyl/N-ethyl adjacent to an activating group) is 1. The molecule has 3 N–H and O–H groups in total. The molecule has 2 aliphatic rings. The second-order valence-corrected chi connectivity index (χ2v) is 15.7. The van der Waals surface area contributed by atoms with E-state index in [1.54, 1.807) is 24.2 Å². The van der Waals surface area contributed by atoms with Crippen molar-refractivity contribution in [3.63, 3.8) is 0 Å². The average Bonchev–Trinajstić information content (AvgIpc) is 3.51. The first kappa shape index (κ1) is 40.7. The summed E-state index contributed by atoms with van der Waals surface area (Å²) in [5, 5.41) is 17.9. The molecule has 2 bridgehead atoms. The van der Waals surface area contributed by atoms with Crippen molar-refractivity contribution in [2.75, 3.05) is 33.0 Å². The minimum absolute atomic E-state index is 0.00540. The van der Waals surface area contributed by atoms with Gasteiger partial charge in [-0.15, -0.1) is 0 Å². The third-order valence-corrected chi connectivity index (χ3v) is 11.7. The molecule has 292 valence electrons. The largest absolute Gasteiger partial charge is 0.497 e. The highest BCUT2D eigenvalue weighted by atomic mass is 32.2. The zero-order valence-corrected chi connectivity index (χ0v) is 31.1. The lowest BCUT2D eigenvalue weighted by molar-refractivity contribution is -0.130. The van der Waals surface area contributed by atoms with Crippen LogP contribution in [0, 0.1) is 0 Å². The zero-order valence-electron chi connectivity index (χ0n) is 30.2. The van der Waals surface area contributed by atoms with Crippen molar-refractivity contribution in [3.05, 3.63) is 113 Å². The Morgan fingerprint density at radius 3 is 2.35 bits per heavy atom. The van der Waals surface area contributed by atoms with Crippen LogP contribution in [-0.4, -0.2) is 92.1 Å². The number of halogens is 3. The number of aliphatic hydroxyl groups excluding tert-OH is 1. The van der Waals surface area contributed by atoms with E-state index in [0.717, 1.165) is 29.3 Å². The van der Waals surface area contributed by atoms with E-state index in [1.165, 1.54) is 0 Å². The number of benzene rings is 3. The lowest BCUT2D eigenvalue weighted by Gasteiger charge is -2.31. The van der Waals surface area contributed by atoms with Crippen LogP contribution in [-0.2, 0) is 32.6 Å². The lowest BCUT2D eigenvalue weighted by Crippen LogP contribution is -2.55. The molecule has 0 aromatic heterocycles. The molecule has 1 aliphatic heterocycles. The minimum Gasteiger partial charge on any atom is -0.497 e. The summed E-state index contributed by atoms with van der Waals surface area (Å²) in [4.78, 5) is 29.4. The Morgan fingerprint density at radius 1 is 1.00 bits per heavy atom. The van der Waals surface area contributed by atoms with Crippen molar-refractivity contribution in [1.29, 1.82) is 0 Å². The van der Waals surface area contributed by atoms with Gasteiger partial charge in [0, 0.05) is 26.2 Å². The van der Waals surface area contributed by atoms with Crippen molar-refractivity contribution in [2.24, 2.45) is 0 Å². The van der Waals surface area contributed by atoms with Gasteiger partial charge in [-0.1, -0.05) is 78.9 Å². The molecule has 11 nitrogen and oxygen atoms in total. The average molecular weight is 773 g/mol. The van der Waals surface area contributed by atoms with Crippen LogP contribution in [0.4, 0.5) is 18.0 Å². The number of carbonyl (C=O) groups is 2. The van der Waals surface area contributed by atoms with Crippen LogP contribution in [0.1, 0.15) is 60.0 Å². The third kappa shape index (κ3) is 10.8. The van der Waals surface area contributed by atoms with Gasteiger partial charge in [0.2, 0.25) is 15.9 Å². The van der Waals surface area contributed by atoms with Gasteiger partial charge in [-0.05, 0) is 60.1 Å². The SMILES string of the molecule is COc1ccc2c(c1)[C@@H]1CC2N(C(=O)OCc2ccccc2)CC/C=C/C[C@H](N(C)S(=O)(=O)CCC(F)(F)F)C(=O)N[C@@H](Cc2ccccc2)[C@H](O)CN1. The maximum atomic E-state index is 13.9. The Bertz CT molecular complexity index is 1850. The number of methoxy groups -OCH3 is 1. The summed E-state index contributed by atoms with van der Waals surface area (Å²) in [6, 6.07) is 20.9. The smallest absolute Gasteiger partial charge is 0.410 e. The first-order valence-corrected chi connectivity index (χ1v) is 19.4. The van der Waals surface area contributed by atoms with E-state index in [4.69, 9.17) is 9.47 Å². The number of nitrogens with one attached hydrogen (secondary N) is 2. The van der Waals surface area contributed by atoms with Gasteiger partial charge in [-0.3, -0.25) is 4.79 Å². The zero-order chi connectivity index (χ0) is 38.9. The van der Waals surface area contributed by atoms with Gasteiger partial charge in [0.1, 0.15) is 18.4 Å². The second-order valence-electron chi connectivity index (χ2n) is 13.5. The van der Waals surface area contributed by atoms with Gasteiger partial charge in [0.25, 0.3) is 0 Å². The number of rotatable bonds is 9. The summed E-state index contributed by atoms with van der Waals surface area (Å²) >= 11 is 0. The number of hydrogen-bond donors (Lipinski definition) is 3. The molecule has 1 heterocycles. The highest BCUT2D eigenvalue weighted by molar-refractivity contribution is 7.89. The Labute approximate surface area is 314 Å². The predicted octanol–water partition coefficient (Wildman–Crippen LogP) is 5.43. The number of carbonyl (C=O) groups excluding carboxylic acids is 2. The Kier molecular flexibility index (Phi) is 13.8. The van der Waals surface area contributed by atoms with Crippen LogP contribution >= 0.6 is 0 Å². The monoisotopic (exact) mass is 772 g/mol. The number of aliphatic hydroxyl groups is 1. The molecular weight excluding hydrogens is 726 g/mol. The van der Waals surface area contributed by atoms with Gasteiger partial charge in [-0.25, -0.2) is 13.2 Å². The normalized spacial score (nSPS) is 23.4. The van der Waals surface area contributed by atoms with Crippen molar-refractivity contribution >= 4 is 22.0 Å². The number of alkyl halides is 3. The van der Waals surface area contributed by atoms with Crippen LogP contribution in [0.25, 0.3) is 0 Å². The van der Waals surface area contributed by atoms with Crippen molar-refractivity contribution in [2.45, 2.75) is 75.2 Å². The third-order valence-electron chi connectivity index (χ3n) is 9.85. The molecule has 54 heavy (non-hydrogen) atoms.